The SMILES string of the molecule is Cc1cc(NS(=O)(=O)c2ccc(NCc3nnc(-c4ccccc4)o3)cc2)nc(C)n1. The predicted molar refractivity (Wildman–Crippen MR) is 116 cm³/mol. The third kappa shape index (κ3) is 5.04. The summed E-state index contributed by atoms with van der Waals surface area (Å²) in [5, 5.41) is 11.2. The summed E-state index contributed by atoms with van der Waals surface area (Å²) in [6.07, 6.45) is 0. The molecule has 2 aromatic heterocycles. The average molecular weight is 436 g/mol. The smallest absolute Gasteiger partial charge is 0.263 e. The Labute approximate surface area is 179 Å². The molecule has 4 rings (SSSR count). The van der Waals surface area contributed by atoms with Crippen molar-refractivity contribution in [3.63, 3.8) is 0 Å². The van der Waals surface area contributed by atoms with Crippen LogP contribution >= 0.6 is 0 Å². The predicted octanol–water partition coefficient (Wildman–Crippen LogP) is 3.56. The molecule has 2 aromatic carbocycles. The van der Waals surface area contributed by atoms with E-state index >= 15 is 0 Å². The first kappa shape index (κ1) is 20.5. The van der Waals surface area contributed by atoms with Crippen LogP contribution in [0.3, 0.4) is 0 Å². The number of hydrogen-bond donors (Lipinski definition) is 2. The lowest BCUT2D eigenvalue weighted by Gasteiger charge is -2.09. The van der Waals surface area contributed by atoms with Gasteiger partial charge >= 0.3 is 0 Å². The van der Waals surface area contributed by atoms with Gasteiger partial charge in [0.25, 0.3) is 10.0 Å². The fraction of sp³-hybridized carbons (Fsp3) is 0.143. The first-order valence-electron chi connectivity index (χ1n) is 9.46. The molecule has 0 aliphatic heterocycles. The fourth-order valence-corrected chi connectivity index (χ4v) is 3.91. The zero-order chi connectivity index (χ0) is 21.8. The molecule has 0 radical (unpaired) electrons. The van der Waals surface area contributed by atoms with Crippen molar-refractivity contribution in [3.8, 4) is 11.5 Å². The van der Waals surface area contributed by atoms with E-state index in [1.54, 1.807) is 32.0 Å². The molecule has 9 nitrogen and oxygen atoms in total. The summed E-state index contributed by atoms with van der Waals surface area (Å²) in [5.41, 5.74) is 2.24. The van der Waals surface area contributed by atoms with E-state index in [1.165, 1.54) is 12.1 Å². The van der Waals surface area contributed by atoms with Gasteiger partial charge in [0.2, 0.25) is 11.8 Å². The van der Waals surface area contributed by atoms with Crippen molar-refractivity contribution in [2.45, 2.75) is 25.3 Å². The number of aryl methyl sites for hydroxylation is 2. The van der Waals surface area contributed by atoms with Gasteiger partial charge in [-0.05, 0) is 50.2 Å². The molecule has 31 heavy (non-hydrogen) atoms. The van der Waals surface area contributed by atoms with Gasteiger partial charge in [0.15, 0.2) is 0 Å². The van der Waals surface area contributed by atoms with Crippen LogP contribution in [-0.4, -0.2) is 28.6 Å². The van der Waals surface area contributed by atoms with Crippen molar-refractivity contribution >= 4 is 21.5 Å². The lowest BCUT2D eigenvalue weighted by Crippen LogP contribution is -2.14. The average Bonchev–Trinajstić information content (AvgIpc) is 3.21. The Bertz CT molecular complexity index is 1270. The summed E-state index contributed by atoms with van der Waals surface area (Å²) in [5.74, 6) is 1.60. The van der Waals surface area contributed by atoms with Gasteiger partial charge in [-0.2, -0.15) is 0 Å². The highest BCUT2D eigenvalue weighted by Crippen LogP contribution is 2.20. The molecule has 0 amide bonds. The van der Waals surface area contributed by atoms with E-state index in [9.17, 15) is 8.42 Å². The number of benzene rings is 2. The zero-order valence-corrected chi connectivity index (χ0v) is 17.7. The van der Waals surface area contributed by atoms with Crippen LogP contribution in [0.25, 0.3) is 11.5 Å². The number of rotatable bonds is 7. The maximum atomic E-state index is 12.6. The van der Waals surface area contributed by atoms with E-state index in [0.717, 1.165) is 5.56 Å². The second-order valence-corrected chi connectivity index (χ2v) is 8.47. The zero-order valence-electron chi connectivity index (χ0n) is 16.9. The highest BCUT2D eigenvalue weighted by atomic mass is 32.2. The summed E-state index contributed by atoms with van der Waals surface area (Å²) in [7, 11) is -3.77. The molecule has 0 unspecified atom stereocenters. The number of nitrogens with one attached hydrogen (secondary N) is 2. The summed E-state index contributed by atoms with van der Waals surface area (Å²) >= 11 is 0. The van der Waals surface area contributed by atoms with Gasteiger partial charge < -0.3 is 9.73 Å². The minimum absolute atomic E-state index is 0.121. The maximum Gasteiger partial charge on any atom is 0.263 e. The summed E-state index contributed by atoms with van der Waals surface area (Å²) in [6, 6.07) is 17.4. The van der Waals surface area contributed by atoms with E-state index < -0.39 is 10.0 Å². The van der Waals surface area contributed by atoms with Crippen molar-refractivity contribution in [2.75, 3.05) is 10.0 Å². The third-order valence-corrected chi connectivity index (χ3v) is 5.67. The van der Waals surface area contributed by atoms with Crippen molar-refractivity contribution in [1.82, 2.24) is 20.2 Å². The van der Waals surface area contributed by atoms with Gasteiger partial charge in [-0.25, -0.2) is 18.4 Å². The molecule has 10 heteroatoms. The Hall–Kier alpha value is -3.79. The Balaban J connectivity index is 1.40. The van der Waals surface area contributed by atoms with Crippen LogP contribution in [-0.2, 0) is 16.6 Å². The van der Waals surface area contributed by atoms with Crippen LogP contribution < -0.4 is 10.0 Å². The Kier molecular flexibility index (Phi) is 5.63. The molecule has 158 valence electrons. The molecule has 0 fully saturated rings. The van der Waals surface area contributed by atoms with E-state index in [0.29, 0.717) is 35.5 Å². The third-order valence-electron chi connectivity index (χ3n) is 4.30. The lowest BCUT2D eigenvalue weighted by molar-refractivity contribution is 0.515. The molecule has 0 aliphatic rings. The van der Waals surface area contributed by atoms with Crippen LogP contribution in [0.5, 0.6) is 0 Å². The van der Waals surface area contributed by atoms with Gasteiger partial charge in [-0.3, -0.25) is 4.72 Å². The first-order chi connectivity index (χ1) is 14.9. The molecule has 2 N–H and O–H groups in total. The summed E-state index contributed by atoms with van der Waals surface area (Å²) < 4.78 is 33.4. The highest BCUT2D eigenvalue weighted by molar-refractivity contribution is 7.92. The summed E-state index contributed by atoms with van der Waals surface area (Å²) in [4.78, 5) is 8.37. The normalized spacial score (nSPS) is 11.3. The van der Waals surface area contributed by atoms with Crippen LogP contribution in [0.4, 0.5) is 11.5 Å². The van der Waals surface area contributed by atoms with Gasteiger partial charge in [-0.15, -0.1) is 10.2 Å². The van der Waals surface area contributed by atoms with Crippen LogP contribution in [0.1, 0.15) is 17.4 Å². The Morgan fingerprint density at radius 2 is 1.68 bits per heavy atom. The molecule has 0 atom stereocenters. The number of anilines is 2. The fourth-order valence-electron chi connectivity index (χ4n) is 2.92. The number of hydrogen-bond acceptors (Lipinski definition) is 8. The molecular weight excluding hydrogens is 416 g/mol. The molecule has 0 aliphatic carbocycles. The topological polar surface area (TPSA) is 123 Å². The van der Waals surface area contributed by atoms with Crippen molar-refractivity contribution in [2.24, 2.45) is 0 Å². The minimum Gasteiger partial charge on any atom is -0.419 e. The molecular formula is C21H20N6O3S. The van der Waals surface area contributed by atoms with Gasteiger partial charge in [0.05, 0.1) is 11.4 Å². The van der Waals surface area contributed by atoms with E-state index in [4.69, 9.17) is 4.42 Å². The van der Waals surface area contributed by atoms with Gasteiger partial charge in [0, 0.05) is 23.0 Å². The van der Waals surface area contributed by atoms with E-state index in [-0.39, 0.29) is 10.7 Å². The van der Waals surface area contributed by atoms with E-state index in [1.807, 2.05) is 30.3 Å². The van der Waals surface area contributed by atoms with Gasteiger partial charge in [-0.1, -0.05) is 18.2 Å². The molecule has 0 saturated heterocycles. The number of sulfonamides is 1. The monoisotopic (exact) mass is 436 g/mol. The van der Waals surface area contributed by atoms with Crippen molar-refractivity contribution in [1.29, 1.82) is 0 Å². The van der Waals surface area contributed by atoms with E-state index in [2.05, 4.69) is 30.2 Å². The van der Waals surface area contributed by atoms with Crippen LogP contribution in [0, 0.1) is 13.8 Å². The highest BCUT2D eigenvalue weighted by Gasteiger charge is 2.15. The van der Waals surface area contributed by atoms with Crippen LogP contribution in [0.15, 0.2) is 70.0 Å². The first-order valence-corrected chi connectivity index (χ1v) is 10.9. The molecule has 0 spiro atoms. The maximum absolute atomic E-state index is 12.6. The minimum atomic E-state index is -3.77. The quantitative estimate of drug-likeness (QED) is 0.451. The number of aromatic nitrogens is 4. The molecule has 0 bridgehead atoms. The summed E-state index contributed by atoms with van der Waals surface area (Å²) in [6.45, 7) is 3.79. The number of nitrogens with zero attached hydrogens (tertiary/aromatic N) is 4. The lowest BCUT2D eigenvalue weighted by atomic mass is 10.2. The van der Waals surface area contributed by atoms with Crippen molar-refractivity contribution < 1.29 is 12.8 Å². The second-order valence-electron chi connectivity index (χ2n) is 6.79. The second kappa shape index (κ2) is 8.52. The van der Waals surface area contributed by atoms with Gasteiger partial charge in [0.1, 0.15) is 11.6 Å². The molecule has 4 aromatic rings. The Morgan fingerprint density at radius 1 is 0.935 bits per heavy atom. The van der Waals surface area contributed by atoms with Crippen molar-refractivity contribution in [3.05, 3.63) is 78.1 Å². The Morgan fingerprint density at radius 3 is 2.39 bits per heavy atom. The molecule has 0 saturated carbocycles. The van der Waals surface area contributed by atoms with Crippen LogP contribution in [0.2, 0.25) is 0 Å². The largest absolute Gasteiger partial charge is 0.419 e. The standard InChI is InChI=1S/C21H20N6O3S/c1-14-12-19(24-15(2)23-14)27-31(28,29)18-10-8-17(9-11-18)22-13-20-25-26-21(30-20)16-6-4-3-5-7-16/h3-12,22H,13H2,1-2H3,(H,23,24,27). The molecule has 2 heterocycles.